The van der Waals surface area contributed by atoms with Crippen LogP contribution in [0.2, 0.25) is 5.02 Å². The van der Waals surface area contributed by atoms with E-state index in [1.54, 1.807) is 18.2 Å². The van der Waals surface area contributed by atoms with Gasteiger partial charge in [0.2, 0.25) is 5.91 Å². The van der Waals surface area contributed by atoms with Gasteiger partial charge in [-0.15, -0.1) is 24.0 Å². The Kier molecular flexibility index (Phi) is 9.97. The van der Waals surface area contributed by atoms with E-state index in [-0.39, 0.29) is 36.4 Å². The average molecular weight is 491 g/mol. The summed E-state index contributed by atoms with van der Waals surface area (Å²) in [5, 5.41) is 9.30. The van der Waals surface area contributed by atoms with Crippen molar-refractivity contribution in [2.24, 2.45) is 4.99 Å². The molecular formula is C18H21ClFIN4O. The average Bonchev–Trinajstić information content (AvgIpc) is 2.59. The number of amides is 1. The second-order valence-corrected chi connectivity index (χ2v) is 5.67. The molecule has 0 aliphatic carbocycles. The molecule has 0 saturated carbocycles. The van der Waals surface area contributed by atoms with Gasteiger partial charge in [0.25, 0.3) is 0 Å². The number of rotatable bonds is 6. The summed E-state index contributed by atoms with van der Waals surface area (Å²) in [5.41, 5.74) is 1.42. The minimum atomic E-state index is -0.399. The van der Waals surface area contributed by atoms with Crippen LogP contribution in [0.1, 0.15) is 12.5 Å². The first kappa shape index (κ1) is 22.2. The van der Waals surface area contributed by atoms with Gasteiger partial charge in [-0.25, -0.2) is 9.38 Å². The number of aliphatic imine (C=N–C) groups is 1. The summed E-state index contributed by atoms with van der Waals surface area (Å²) < 4.78 is 13.1. The SMILES string of the molecule is CCNC(=NCc1ccc(Cl)cc1)NCC(=O)Nc1cccc(F)c1.I. The number of guanidine groups is 1. The van der Waals surface area contributed by atoms with Crippen molar-refractivity contribution in [1.82, 2.24) is 10.6 Å². The van der Waals surface area contributed by atoms with E-state index < -0.39 is 5.82 Å². The van der Waals surface area contributed by atoms with Gasteiger partial charge >= 0.3 is 0 Å². The van der Waals surface area contributed by atoms with Crippen LogP contribution in [-0.2, 0) is 11.3 Å². The number of nitrogens with one attached hydrogen (secondary N) is 3. The molecular weight excluding hydrogens is 470 g/mol. The zero-order valence-electron chi connectivity index (χ0n) is 14.3. The molecule has 1 amide bonds. The molecule has 0 unspecified atom stereocenters. The standard InChI is InChI=1S/C18H20ClFN4O.HI/c1-2-21-18(22-11-13-6-8-14(19)9-7-13)23-12-17(25)24-16-5-3-4-15(20)10-16;/h3-10H,2,11-12H2,1H3,(H,24,25)(H2,21,22,23);1H. The van der Waals surface area contributed by atoms with E-state index >= 15 is 0 Å². The van der Waals surface area contributed by atoms with Crippen LogP contribution in [0.15, 0.2) is 53.5 Å². The number of halogens is 3. The van der Waals surface area contributed by atoms with Crippen molar-refractivity contribution in [3.63, 3.8) is 0 Å². The molecule has 140 valence electrons. The minimum Gasteiger partial charge on any atom is -0.357 e. The maximum Gasteiger partial charge on any atom is 0.243 e. The third-order valence-corrected chi connectivity index (χ3v) is 3.45. The van der Waals surface area contributed by atoms with Crippen LogP contribution in [0.4, 0.5) is 10.1 Å². The van der Waals surface area contributed by atoms with Crippen molar-refractivity contribution in [2.45, 2.75) is 13.5 Å². The predicted octanol–water partition coefficient (Wildman–Crippen LogP) is 3.79. The van der Waals surface area contributed by atoms with Gasteiger partial charge in [-0.2, -0.15) is 0 Å². The molecule has 0 aliphatic heterocycles. The highest BCUT2D eigenvalue weighted by atomic mass is 127. The highest BCUT2D eigenvalue weighted by Gasteiger charge is 2.05. The zero-order valence-corrected chi connectivity index (χ0v) is 17.3. The Morgan fingerprint density at radius 2 is 1.88 bits per heavy atom. The molecule has 0 saturated heterocycles. The summed E-state index contributed by atoms with van der Waals surface area (Å²) in [6.07, 6.45) is 0. The van der Waals surface area contributed by atoms with Crippen molar-refractivity contribution >= 4 is 53.1 Å². The summed E-state index contributed by atoms with van der Waals surface area (Å²) >= 11 is 5.86. The van der Waals surface area contributed by atoms with Crippen molar-refractivity contribution in [3.05, 3.63) is 64.9 Å². The Bertz CT molecular complexity index is 740. The second kappa shape index (κ2) is 11.7. The molecule has 26 heavy (non-hydrogen) atoms. The molecule has 2 aromatic rings. The van der Waals surface area contributed by atoms with Crippen LogP contribution >= 0.6 is 35.6 Å². The van der Waals surface area contributed by atoms with Gasteiger partial charge in [0.15, 0.2) is 5.96 Å². The van der Waals surface area contributed by atoms with E-state index in [4.69, 9.17) is 11.6 Å². The highest BCUT2D eigenvalue weighted by Crippen LogP contribution is 2.10. The molecule has 8 heteroatoms. The van der Waals surface area contributed by atoms with Crippen molar-refractivity contribution in [2.75, 3.05) is 18.4 Å². The van der Waals surface area contributed by atoms with Crippen LogP contribution in [0, 0.1) is 5.82 Å². The third-order valence-electron chi connectivity index (χ3n) is 3.20. The molecule has 0 atom stereocenters. The number of carbonyl (C=O) groups excluding carboxylic acids is 1. The third kappa shape index (κ3) is 8.01. The van der Waals surface area contributed by atoms with Gasteiger partial charge in [0.1, 0.15) is 5.82 Å². The van der Waals surface area contributed by atoms with E-state index in [9.17, 15) is 9.18 Å². The van der Waals surface area contributed by atoms with Crippen LogP contribution in [-0.4, -0.2) is 25.0 Å². The molecule has 0 radical (unpaired) electrons. The largest absolute Gasteiger partial charge is 0.357 e. The molecule has 2 aromatic carbocycles. The molecule has 0 bridgehead atoms. The lowest BCUT2D eigenvalue weighted by Crippen LogP contribution is -2.41. The quantitative estimate of drug-likeness (QED) is 0.328. The number of hydrogen-bond donors (Lipinski definition) is 3. The first-order valence-electron chi connectivity index (χ1n) is 7.89. The van der Waals surface area contributed by atoms with Crippen LogP contribution in [0.5, 0.6) is 0 Å². The Balaban J connectivity index is 0.00000338. The highest BCUT2D eigenvalue weighted by molar-refractivity contribution is 14.0. The van der Waals surface area contributed by atoms with E-state index in [1.807, 2.05) is 19.1 Å². The predicted molar refractivity (Wildman–Crippen MR) is 115 cm³/mol. The summed E-state index contributed by atoms with van der Waals surface area (Å²) in [5.74, 6) is -0.168. The molecule has 0 spiro atoms. The topological polar surface area (TPSA) is 65.5 Å². The summed E-state index contributed by atoms with van der Waals surface area (Å²) in [6, 6.07) is 13.1. The summed E-state index contributed by atoms with van der Waals surface area (Å²) in [6.45, 7) is 3.07. The maximum absolute atomic E-state index is 13.1. The minimum absolute atomic E-state index is 0. The number of carbonyl (C=O) groups is 1. The monoisotopic (exact) mass is 490 g/mol. The van der Waals surface area contributed by atoms with Gasteiger partial charge in [0, 0.05) is 17.3 Å². The molecule has 0 aliphatic rings. The Morgan fingerprint density at radius 1 is 1.15 bits per heavy atom. The fourth-order valence-corrected chi connectivity index (χ4v) is 2.16. The molecule has 5 nitrogen and oxygen atoms in total. The fraction of sp³-hybridized carbons (Fsp3) is 0.222. The summed E-state index contributed by atoms with van der Waals surface area (Å²) in [4.78, 5) is 16.4. The Morgan fingerprint density at radius 3 is 2.54 bits per heavy atom. The van der Waals surface area contributed by atoms with Gasteiger partial charge in [-0.05, 0) is 42.8 Å². The lowest BCUT2D eigenvalue weighted by Gasteiger charge is -2.11. The number of benzene rings is 2. The van der Waals surface area contributed by atoms with Crippen LogP contribution < -0.4 is 16.0 Å². The Labute approximate surface area is 174 Å². The summed E-state index contributed by atoms with van der Waals surface area (Å²) in [7, 11) is 0. The van der Waals surface area contributed by atoms with Gasteiger partial charge < -0.3 is 16.0 Å². The molecule has 0 heterocycles. The maximum atomic E-state index is 13.1. The first-order valence-corrected chi connectivity index (χ1v) is 8.26. The smallest absolute Gasteiger partial charge is 0.243 e. The first-order chi connectivity index (χ1) is 12.1. The van der Waals surface area contributed by atoms with Crippen LogP contribution in [0.25, 0.3) is 0 Å². The number of anilines is 1. The molecule has 2 rings (SSSR count). The number of nitrogens with zero attached hydrogens (tertiary/aromatic N) is 1. The van der Waals surface area contributed by atoms with E-state index in [2.05, 4.69) is 20.9 Å². The van der Waals surface area contributed by atoms with Crippen molar-refractivity contribution < 1.29 is 9.18 Å². The lowest BCUT2D eigenvalue weighted by molar-refractivity contribution is -0.115. The van der Waals surface area contributed by atoms with E-state index in [0.717, 1.165) is 5.56 Å². The zero-order chi connectivity index (χ0) is 18.1. The van der Waals surface area contributed by atoms with Crippen molar-refractivity contribution in [1.29, 1.82) is 0 Å². The lowest BCUT2D eigenvalue weighted by atomic mass is 10.2. The molecule has 0 aromatic heterocycles. The second-order valence-electron chi connectivity index (χ2n) is 5.23. The van der Waals surface area contributed by atoms with E-state index in [1.165, 1.54) is 18.2 Å². The van der Waals surface area contributed by atoms with Crippen molar-refractivity contribution in [3.8, 4) is 0 Å². The molecule has 3 N–H and O–H groups in total. The van der Waals surface area contributed by atoms with Gasteiger partial charge in [-0.3, -0.25) is 4.79 Å². The van der Waals surface area contributed by atoms with Crippen LogP contribution in [0.3, 0.4) is 0 Å². The number of hydrogen-bond acceptors (Lipinski definition) is 2. The fourth-order valence-electron chi connectivity index (χ4n) is 2.04. The Hall–Kier alpha value is -1.87. The van der Waals surface area contributed by atoms with Gasteiger partial charge in [0.05, 0.1) is 13.1 Å². The van der Waals surface area contributed by atoms with Gasteiger partial charge in [-0.1, -0.05) is 29.8 Å². The van der Waals surface area contributed by atoms with E-state index in [0.29, 0.717) is 29.8 Å². The normalized spacial score (nSPS) is 10.7. The molecule has 0 fully saturated rings.